The lowest BCUT2D eigenvalue weighted by Gasteiger charge is -2.19. The molecule has 3 rings (SSSR count). The molecule has 5 nitrogen and oxygen atoms in total. The topological polar surface area (TPSA) is 64.0 Å². The molecular formula is C20H23N3O2S2. The van der Waals surface area contributed by atoms with E-state index in [1.54, 1.807) is 30.1 Å². The standard InChI is InChI=1S/C20H23N3O2S2/c1-16-8-10-18(11-9-16)27(24,25)22-19(17-6-4-3-5-7-17)12-15-26-20-21-13-14-23(20)2/h3-11,13-14,19,22H,12,15H2,1-2H3. The Morgan fingerprint density at radius 1 is 1.11 bits per heavy atom. The maximum atomic E-state index is 12.8. The van der Waals surface area contributed by atoms with Gasteiger partial charge in [0, 0.05) is 31.2 Å². The number of rotatable bonds is 8. The fourth-order valence-electron chi connectivity index (χ4n) is 2.71. The average molecular weight is 402 g/mol. The van der Waals surface area contributed by atoms with Crippen molar-refractivity contribution in [1.29, 1.82) is 0 Å². The molecule has 0 aliphatic rings. The summed E-state index contributed by atoms with van der Waals surface area (Å²) in [7, 11) is -1.65. The summed E-state index contributed by atoms with van der Waals surface area (Å²) in [5, 5.41) is 0.920. The summed E-state index contributed by atoms with van der Waals surface area (Å²) in [4.78, 5) is 4.59. The van der Waals surface area contributed by atoms with E-state index in [1.807, 2.05) is 67.2 Å². The molecule has 0 radical (unpaired) electrons. The lowest BCUT2D eigenvalue weighted by atomic mass is 10.1. The predicted octanol–water partition coefficient (Wildman–Crippen LogP) is 3.93. The van der Waals surface area contributed by atoms with E-state index in [-0.39, 0.29) is 10.9 Å². The summed E-state index contributed by atoms with van der Waals surface area (Å²) in [5.74, 6) is 0.751. The molecule has 1 aromatic heterocycles. The molecule has 1 heterocycles. The van der Waals surface area contributed by atoms with Gasteiger partial charge in [-0.15, -0.1) is 0 Å². The molecule has 2 aromatic carbocycles. The van der Waals surface area contributed by atoms with Crippen LogP contribution in [-0.4, -0.2) is 23.7 Å². The maximum absolute atomic E-state index is 12.8. The third-order valence-corrected chi connectivity index (χ3v) is 6.82. The van der Waals surface area contributed by atoms with Crippen molar-refractivity contribution in [3.8, 4) is 0 Å². The van der Waals surface area contributed by atoms with Crippen LogP contribution in [0.25, 0.3) is 0 Å². The Hall–Kier alpha value is -2.09. The van der Waals surface area contributed by atoms with Gasteiger partial charge in [0.05, 0.1) is 4.90 Å². The summed E-state index contributed by atoms with van der Waals surface area (Å²) in [6.45, 7) is 1.94. The molecule has 0 amide bonds. The molecular weight excluding hydrogens is 378 g/mol. The van der Waals surface area contributed by atoms with Gasteiger partial charge in [0.25, 0.3) is 0 Å². The van der Waals surface area contributed by atoms with Crippen LogP contribution >= 0.6 is 11.8 Å². The van der Waals surface area contributed by atoms with Gasteiger partial charge in [0.2, 0.25) is 10.0 Å². The Kier molecular flexibility index (Phi) is 6.36. The Bertz CT molecular complexity index is 968. The summed E-state index contributed by atoms with van der Waals surface area (Å²) >= 11 is 1.62. The van der Waals surface area contributed by atoms with Crippen molar-refractivity contribution in [2.75, 3.05) is 5.75 Å². The zero-order chi connectivity index (χ0) is 19.3. The van der Waals surface area contributed by atoms with Gasteiger partial charge in [-0.2, -0.15) is 0 Å². The second-order valence-electron chi connectivity index (χ2n) is 6.36. The molecule has 0 spiro atoms. The third kappa shape index (κ3) is 5.22. The van der Waals surface area contributed by atoms with Crippen molar-refractivity contribution in [2.24, 2.45) is 7.05 Å². The van der Waals surface area contributed by atoms with Crippen molar-refractivity contribution in [3.63, 3.8) is 0 Å². The van der Waals surface area contributed by atoms with Gasteiger partial charge in [0.1, 0.15) is 0 Å². The van der Waals surface area contributed by atoms with Crippen molar-refractivity contribution in [3.05, 3.63) is 78.1 Å². The van der Waals surface area contributed by atoms with Crippen LogP contribution in [0.2, 0.25) is 0 Å². The maximum Gasteiger partial charge on any atom is 0.241 e. The number of sulfonamides is 1. The fourth-order valence-corrected chi connectivity index (χ4v) is 4.91. The summed E-state index contributed by atoms with van der Waals surface area (Å²) in [6.07, 6.45) is 4.32. The predicted molar refractivity (Wildman–Crippen MR) is 109 cm³/mol. The van der Waals surface area contributed by atoms with Gasteiger partial charge in [-0.05, 0) is 31.0 Å². The third-order valence-electron chi connectivity index (χ3n) is 4.25. The SMILES string of the molecule is Cc1ccc(S(=O)(=O)NC(CCSc2nccn2C)c2ccccc2)cc1. The van der Waals surface area contributed by atoms with Gasteiger partial charge < -0.3 is 4.57 Å². The summed E-state index contributed by atoms with van der Waals surface area (Å²) < 4.78 is 30.5. The highest BCUT2D eigenvalue weighted by Gasteiger charge is 2.21. The van der Waals surface area contributed by atoms with E-state index < -0.39 is 10.0 Å². The first-order valence-electron chi connectivity index (χ1n) is 8.70. The number of benzene rings is 2. The molecule has 7 heteroatoms. The van der Waals surface area contributed by atoms with Gasteiger partial charge in [-0.25, -0.2) is 18.1 Å². The number of nitrogens with zero attached hydrogens (tertiary/aromatic N) is 2. The first-order valence-corrected chi connectivity index (χ1v) is 11.2. The smallest absolute Gasteiger partial charge is 0.241 e. The van der Waals surface area contributed by atoms with Crippen molar-refractivity contribution < 1.29 is 8.42 Å². The number of nitrogens with one attached hydrogen (secondary N) is 1. The molecule has 0 aliphatic heterocycles. The van der Waals surface area contributed by atoms with Crippen molar-refractivity contribution in [1.82, 2.24) is 14.3 Å². The second-order valence-corrected chi connectivity index (χ2v) is 9.13. The van der Waals surface area contributed by atoms with Crippen LogP contribution in [0.3, 0.4) is 0 Å². The fraction of sp³-hybridized carbons (Fsp3) is 0.250. The Labute approximate surface area is 164 Å². The zero-order valence-electron chi connectivity index (χ0n) is 15.4. The zero-order valence-corrected chi connectivity index (χ0v) is 17.0. The van der Waals surface area contributed by atoms with Gasteiger partial charge in [-0.1, -0.05) is 59.8 Å². The van der Waals surface area contributed by atoms with Gasteiger partial charge >= 0.3 is 0 Å². The van der Waals surface area contributed by atoms with Crippen LogP contribution in [0.5, 0.6) is 0 Å². The number of hydrogen-bond donors (Lipinski definition) is 1. The van der Waals surface area contributed by atoms with E-state index in [0.29, 0.717) is 6.42 Å². The number of imidazole rings is 1. The Morgan fingerprint density at radius 3 is 2.44 bits per heavy atom. The van der Waals surface area contributed by atoms with E-state index >= 15 is 0 Å². The van der Waals surface area contributed by atoms with Crippen LogP contribution in [-0.2, 0) is 17.1 Å². The average Bonchev–Trinajstić information content (AvgIpc) is 3.07. The molecule has 0 saturated heterocycles. The molecule has 0 fully saturated rings. The van der Waals surface area contributed by atoms with Gasteiger partial charge in [0.15, 0.2) is 5.16 Å². The number of aryl methyl sites for hydroxylation is 2. The minimum absolute atomic E-state index is 0.283. The molecule has 1 atom stereocenters. The van der Waals surface area contributed by atoms with Crippen LogP contribution < -0.4 is 4.72 Å². The highest BCUT2D eigenvalue weighted by Crippen LogP contribution is 2.24. The van der Waals surface area contributed by atoms with Crippen LogP contribution in [0.15, 0.2) is 77.0 Å². The first kappa shape index (κ1) is 19.7. The van der Waals surface area contributed by atoms with Crippen molar-refractivity contribution in [2.45, 2.75) is 29.4 Å². The van der Waals surface area contributed by atoms with E-state index in [0.717, 1.165) is 22.0 Å². The normalized spacial score (nSPS) is 12.8. The summed E-state index contributed by atoms with van der Waals surface area (Å²) in [6, 6.07) is 16.3. The molecule has 1 N–H and O–H groups in total. The Morgan fingerprint density at radius 2 is 1.81 bits per heavy atom. The first-order chi connectivity index (χ1) is 13.0. The molecule has 3 aromatic rings. The second kappa shape index (κ2) is 8.73. The molecule has 0 aliphatic carbocycles. The minimum Gasteiger partial charge on any atom is -0.329 e. The molecule has 142 valence electrons. The van der Waals surface area contributed by atoms with Crippen molar-refractivity contribution >= 4 is 21.8 Å². The summed E-state index contributed by atoms with van der Waals surface area (Å²) in [5.41, 5.74) is 1.98. The number of aromatic nitrogens is 2. The molecule has 0 bridgehead atoms. The lowest BCUT2D eigenvalue weighted by Crippen LogP contribution is -2.29. The highest BCUT2D eigenvalue weighted by atomic mass is 32.2. The van der Waals surface area contributed by atoms with Crippen LogP contribution in [0, 0.1) is 6.92 Å². The van der Waals surface area contributed by atoms with E-state index in [9.17, 15) is 8.42 Å². The molecule has 0 saturated carbocycles. The minimum atomic E-state index is -3.60. The van der Waals surface area contributed by atoms with Gasteiger partial charge in [-0.3, -0.25) is 0 Å². The Balaban J connectivity index is 1.75. The quantitative estimate of drug-likeness (QED) is 0.581. The van der Waals surface area contributed by atoms with Crippen LogP contribution in [0.1, 0.15) is 23.6 Å². The van der Waals surface area contributed by atoms with E-state index in [1.165, 1.54) is 0 Å². The highest BCUT2D eigenvalue weighted by molar-refractivity contribution is 7.99. The van der Waals surface area contributed by atoms with E-state index in [4.69, 9.17) is 0 Å². The molecule has 27 heavy (non-hydrogen) atoms. The van der Waals surface area contributed by atoms with E-state index in [2.05, 4.69) is 9.71 Å². The number of thioether (sulfide) groups is 1. The molecule has 1 unspecified atom stereocenters. The monoisotopic (exact) mass is 401 g/mol. The number of hydrogen-bond acceptors (Lipinski definition) is 4. The largest absolute Gasteiger partial charge is 0.329 e. The van der Waals surface area contributed by atoms with Crippen LogP contribution in [0.4, 0.5) is 0 Å². The lowest BCUT2D eigenvalue weighted by molar-refractivity contribution is 0.551.